The Morgan fingerprint density at radius 3 is 2.50 bits per heavy atom. The molecule has 0 aliphatic rings. The summed E-state index contributed by atoms with van der Waals surface area (Å²) in [4.78, 5) is 4.45. The molecule has 0 radical (unpaired) electrons. The molecule has 0 aliphatic heterocycles. The van der Waals surface area contributed by atoms with E-state index in [-0.39, 0.29) is 0 Å². The van der Waals surface area contributed by atoms with Gasteiger partial charge in [0.25, 0.3) is 0 Å². The number of fused-ring (bicyclic) bond motifs is 1. The largest absolute Gasteiger partial charge is 0.383 e. The van der Waals surface area contributed by atoms with E-state index in [1.165, 1.54) is 0 Å². The van der Waals surface area contributed by atoms with Crippen molar-refractivity contribution < 1.29 is 0 Å². The minimum absolute atomic E-state index is 0.384. The van der Waals surface area contributed by atoms with Crippen LogP contribution in [0.25, 0.3) is 10.9 Å². The topological polar surface area (TPSA) is 38.9 Å². The second kappa shape index (κ2) is 4.34. The van der Waals surface area contributed by atoms with Crippen molar-refractivity contribution in [2.24, 2.45) is 0 Å². The van der Waals surface area contributed by atoms with Crippen LogP contribution in [0.5, 0.6) is 0 Å². The summed E-state index contributed by atoms with van der Waals surface area (Å²) in [6.45, 7) is 4.23. The van der Waals surface area contributed by atoms with E-state index in [4.69, 9.17) is 5.73 Å². The smallest absolute Gasteiger partial charge is 0.127 e. The van der Waals surface area contributed by atoms with Crippen molar-refractivity contribution in [1.29, 1.82) is 0 Å². The van der Waals surface area contributed by atoms with Gasteiger partial charge in [-0.1, -0.05) is 29.8 Å². The third-order valence-corrected chi connectivity index (χ3v) is 3.58. The van der Waals surface area contributed by atoms with Gasteiger partial charge in [-0.3, -0.25) is 0 Å². The van der Waals surface area contributed by atoms with Crippen molar-refractivity contribution in [3.8, 4) is 0 Å². The lowest BCUT2D eigenvalue weighted by Crippen LogP contribution is -2.00. The number of nitrogens with zero attached hydrogens (tertiary/aromatic N) is 1. The van der Waals surface area contributed by atoms with Gasteiger partial charge in [0.2, 0.25) is 0 Å². The molecule has 0 spiro atoms. The molecule has 0 bridgehead atoms. The normalized spacial score (nSPS) is 11.3. The molecular weight excluding hydrogens is 332 g/mol. The first kappa shape index (κ1) is 11.9. The number of hydrogen-bond acceptors (Lipinski definition) is 2. The molecule has 1 aromatic heterocycles. The summed E-state index contributed by atoms with van der Waals surface area (Å²) >= 11 is 6.97. The quantitative estimate of drug-likeness (QED) is 0.829. The van der Waals surface area contributed by atoms with E-state index in [0.717, 1.165) is 25.4 Å². The summed E-state index contributed by atoms with van der Waals surface area (Å²) in [5.74, 6) is 1.00. The van der Waals surface area contributed by atoms with Gasteiger partial charge in [-0.25, -0.2) is 4.98 Å². The van der Waals surface area contributed by atoms with Crippen molar-refractivity contribution in [3.05, 3.63) is 32.7 Å². The Hall–Kier alpha value is -0.610. The SMILES string of the molecule is CC(C)c1cc2cc(Br)cc(Br)c2nc1N. The highest BCUT2D eigenvalue weighted by Crippen LogP contribution is 2.31. The van der Waals surface area contributed by atoms with Gasteiger partial charge in [0.1, 0.15) is 5.82 Å². The van der Waals surface area contributed by atoms with Crippen LogP contribution in [0, 0.1) is 0 Å². The Bertz CT molecular complexity index is 550. The summed E-state index contributed by atoms with van der Waals surface area (Å²) in [5, 5.41) is 1.10. The Morgan fingerprint density at radius 2 is 1.88 bits per heavy atom. The number of benzene rings is 1. The number of aromatic nitrogens is 1. The fourth-order valence-corrected chi connectivity index (χ4v) is 3.05. The molecule has 0 aliphatic carbocycles. The van der Waals surface area contributed by atoms with E-state index in [2.05, 4.69) is 62.8 Å². The molecule has 16 heavy (non-hydrogen) atoms. The average Bonchev–Trinajstić information content (AvgIpc) is 2.18. The highest BCUT2D eigenvalue weighted by atomic mass is 79.9. The van der Waals surface area contributed by atoms with E-state index in [9.17, 15) is 0 Å². The van der Waals surface area contributed by atoms with Crippen molar-refractivity contribution in [1.82, 2.24) is 4.98 Å². The standard InChI is InChI=1S/C12H12Br2N2/c1-6(2)9-4-7-3-8(13)5-10(14)11(7)16-12(9)15/h3-6H,1-2H3,(H2,15,16). The lowest BCUT2D eigenvalue weighted by Gasteiger charge is -2.11. The van der Waals surface area contributed by atoms with Crippen LogP contribution >= 0.6 is 31.9 Å². The lowest BCUT2D eigenvalue weighted by molar-refractivity contribution is 0.866. The van der Waals surface area contributed by atoms with Gasteiger partial charge in [-0.15, -0.1) is 0 Å². The molecule has 2 nitrogen and oxygen atoms in total. The molecule has 0 amide bonds. The molecule has 4 heteroatoms. The van der Waals surface area contributed by atoms with E-state index in [0.29, 0.717) is 11.7 Å². The van der Waals surface area contributed by atoms with E-state index >= 15 is 0 Å². The zero-order chi connectivity index (χ0) is 11.9. The number of rotatable bonds is 1. The molecule has 0 fully saturated rings. The Balaban J connectivity index is 2.79. The van der Waals surface area contributed by atoms with Gasteiger partial charge in [0.05, 0.1) is 5.52 Å². The summed E-state index contributed by atoms with van der Waals surface area (Å²) in [5.41, 5.74) is 7.95. The maximum Gasteiger partial charge on any atom is 0.127 e. The molecule has 1 aromatic carbocycles. The van der Waals surface area contributed by atoms with Crippen LogP contribution in [0.1, 0.15) is 25.3 Å². The van der Waals surface area contributed by atoms with Crippen molar-refractivity contribution in [2.45, 2.75) is 19.8 Å². The molecule has 2 N–H and O–H groups in total. The summed E-state index contributed by atoms with van der Waals surface area (Å²) in [6.07, 6.45) is 0. The van der Waals surface area contributed by atoms with Gasteiger partial charge in [0.15, 0.2) is 0 Å². The zero-order valence-corrected chi connectivity index (χ0v) is 12.3. The number of nitrogen functional groups attached to an aromatic ring is 1. The molecule has 84 valence electrons. The first-order valence-corrected chi connectivity index (χ1v) is 6.63. The predicted molar refractivity (Wildman–Crippen MR) is 75.6 cm³/mol. The summed E-state index contributed by atoms with van der Waals surface area (Å²) < 4.78 is 1.99. The number of nitrogens with two attached hydrogens (primary N) is 1. The van der Waals surface area contributed by atoms with Crippen LogP contribution in [0.4, 0.5) is 5.82 Å². The van der Waals surface area contributed by atoms with E-state index in [1.807, 2.05) is 6.07 Å². The van der Waals surface area contributed by atoms with Gasteiger partial charge in [-0.2, -0.15) is 0 Å². The van der Waals surface area contributed by atoms with Crippen LogP contribution < -0.4 is 5.73 Å². The van der Waals surface area contributed by atoms with Gasteiger partial charge < -0.3 is 5.73 Å². The average molecular weight is 344 g/mol. The van der Waals surface area contributed by atoms with E-state index in [1.54, 1.807) is 0 Å². The molecule has 0 atom stereocenters. The van der Waals surface area contributed by atoms with Gasteiger partial charge in [0, 0.05) is 14.3 Å². The number of hydrogen-bond donors (Lipinski definition) is 1. The maximum absolute atomic E-state index is 5.95. The molecule has 0 saturated carbocycles. The molecule has 1 heterocycles. The van der Waals surface area contributed by atoms with Crippen LogP contribution in [-0.2, 0) is 0 Å². The van der Waals surface area contributed by atoms with Crippen molar-refractivity contribution in [3.63, 3.8) is 0 Å². The maximum atomic E-state index is 5.95. The minimum atomic E-state index is 0.384. The van der Waals surface area contributed by atoms with Crippen molar-refractivity contribution >= 4 is 48.6 Å². The summed E-state index contributed by atoms with van der Waals surface area (Å²) in [7, 11) is 0. The van der Waals surface area contributed by atoms with Crippen LogP contribution in [0.15, 0.2) is 27.1 Å². The Morgan fingerprint density at radius 1 is 1.19 bits per heavy atom. The second-order valence-electron chi connectivity index (χ2n) is 4.08. The fourth-order valence-electron chi connectivity index (χ4n) is 1.70. The predicted octanol–water partition coefficient (Wildman–Crippen LogP) is 4.47. The first-order valence-electron chi connectivity index (χ1n) is 5.04. The number of pyridine rings is 1. The zero-order valence-electron chi connectivity index (χ0n) is 9.09. The Labute approximate surface area is 112 Å². The third kappa shape index (κ3) is 2.09. The lowest BCUT2D eigenvalue weighted by atomic mass is 10.0. The van der Waals surface area contributed by atoms with Crippen LogP contribution in [0.3, 0.4) is 0 Å². The molecule has 0 unspecified atom stereocenters. The van der Waals surface area contributed by atoms with Gasteiger partial charge >= 0.3 is 0 Å². The highest BCUT2D eigenvalue weighted by Gasteiger charge is 2.10. The van der Waals surface area contributed by atoms with E-state index < -0.39 is 0 Å². The third-order valence-electron chi connectivity index (χ3n) is 2.52. The van der Waals surface area contributed by atoms with Crippen LogP contribution in [-0.4, -0.2) is 4.98 Å². The minimum Gasteiger partial charge on any atom is -0.383 e. The monoisotopic (exact) mass is 342 g/mol. The summed E-state index contributed by atoms with van der Waals surface area (Å²) in [6, 6.07) is 6.14. The highest BCUT2D eigenvalue weighted by molar-refractivity contribution is 9.11. The second-order valence-corrected chi connectivity index (χ2v) is 5.85. The molecule has 2 rings (SSSR count). The molecule has 2 aromatic rings. The molecular formula is C12H12Br2N2. The fraction of sp³-hybridized carbons (Fsp3) is 0.250. The molecule has 0 saturated heterocycles. The number of anilines is 1. The number of halogens is 2. The van der Waals surface area contributed by atoms with Gasteiger partial charge in [-0.05, 0) is 45.6 Å². The van der Waals surface area contributed by atoms with Crippen molar-refractivity contribution in [2.75, 3.05) is 5.73 Å². The Kier molecular flexibility index (Phi) is 3.22. The first-order chi connectivity index (χ1) is 7.49. The van der Waals surface area contributed by atoms with Crippen LogP contribution in [0.2, 0.25) is 0 Å².